The number of hydrogen-bond donors (Lipinski definition) is 1. The van der Waals surface area contributed by atoms with E-state index >= 15 is 0 Å². The largest absolute Gasteiger partial charge is 0.498 e. The maximum absolute atomic E-state index is 9.04. The number of ether oxygens (including phenoxy) is 1. The summed E-state index contributed by atoms with van der Waals surface area (Å²) in [4.78, 5) is 0. The van der Waals surface area contributed by atoms with Crippen LogP contribution in [0.3, 0.4) is 0 Å². The Hall–Kier alpha value is -0.500. The molecule has 0 radical (unpaired) electrons. The van der Waals surface area contributed by atoms with E-state index in [0.717, 1.165) is 12.8 Å². The van der Waals surface area contributed by atoms with E-state index in [9.17, 15) is 0 Å². The van der Waals surface area contributed by atoms with E-state index < -0.39 is 0 Å². The van der Waals surface area contributed by atoms with Crippen LogP contribution in [0.25, 0.3) is 0 Å². The Morgan fingerprint density at radius 1 is 1.78 bits per heavy atom. The van der Waals surface area contributed by atoms with Crippen molar-refractivity contribution in [1.29, 1.82) is 0 Å². The summed E-state index contributed by atoms with van der Waals surface area (Å²) in [6.45, 7) is 2.05. The van der Waals surface area contributed by atoms with Gasteiger partial charge in [-0.2, -0.15) is 0 Å². The highest BCUT2D eigenvalue weighted by molar-refractivity contribution is 4.89. The first-order chi connectivity index (χ1) is 4.33. The highest BCUT2D eigenvalue weighted by atomic mass is 16.5. The molecular formula is C7H12O2. The Kier molecular flexibility index (Phi) is 2.11. The Balaban J connectivity index is 2.38. The van der Waals surface area contributed by atoms with Crippen LogP contribution in [0, 0.1) is 0 Å². The molecule has 0 spiro atoms. The topological polar surface area (TPSA) is 29.5 Å². The van der Waals surface area contributed by atoms with E-state index in [1.165, 1.54) is 0 Å². The fourth-order valence-electron chi connectivity index (χ4n) is 0.914. The lowest BCUT2D eigenvalue weighted by molar-refractivity contribution is 0.0623. The minimum atomic E-state index is -0.288. The molecule has 1 rings (SSSR count). The fraction of sp³-hybridized carbons (Fsp3) is 0.714. The standard InChI is InChI=1S/C7H12O2/c1-2-7-5-6(8)3-4-9-7/h3-4,6-8H,2,5H2,1H3/t6-,7-/m1/s1. The zero-order chi connectivity index (χ0) is 6.69. The molecule has 9 heavy (non-hydrogen) atoms. The maximum Gasteiger partial charge on any atom is 0.100 e. The molecule has 0 fully saturated rings. The molecule has 2 heteroatoms. The van der Waals surface area contributed by atoms with Gasteiger partial charge in [0.25, 0.3) is 0 Å². The lowest BCUT2D eigenvalue weighted by Gasteiger charge is -2.20. The van der Waals surface area contributed by atoms with Gasteiger partial charge in [-0.3, -0.25) is 0 Å². The van der Waals surface area contributed by atoms with E-state index in [0.29, 0.717) is 0 Å². The first-order valence-electron chi connectivity index (χ1n) is 3.33. The van der Waals surface area contributed by atoms with Crippen molar-refractivity contribution in [2.75, 3.05) is 0 Å². The lowest BCUT2D eigenvalue weighted by atomic mass is 10.1. The summed E-state index contributed by atoms with van der Waals surface area (Å²) in [7, 11) is 0. The van der Waals surface area contributed by atoms with Crippen molar-refractivity contribution in [1.82, 2.24) is 0 Å². The third kappa shape index (κ3) is 1.72. The summed E-state index contributed by atoms with van der Waals surface area (Å²) in [5.74, 6) is 0. The molecule has 2 atom stereocenters. The van der Waals surface area contributed by atoms with Crippen molar-refractivity contribution in [3.63, 3.8) is 0 Å². The molecule has 1 aliphatic heterocycles. The number of hydrogen-bond acceptors (Lipinski definition) is 2. The fourth-order valence-corrected chi connectivity index (χ4v) is 0.914. The van der Waals surface area contributed by atoms with Gasteiger partial charge in [0.05, 0.1) is 12.4 Å². The van der Waals surface area contributed by atoms with Crippen molar-refractivity contribution in [3.8, 4) is 0 Å². The second kappa shape index (κ2) is 2.87. The highest BCUT2D eigenvalue weighted by Gasteiger charge is 2.14. The molecule has 0 unspecified atom stereocenters. The third-order valence-electron chi connectivity index (χ3n) is 1.53. The second-order valence-corrected chi connectivity index (χ2v) is 2.30. The second-order valence-electron chi connectivity index (χ2n) is 2.30. The van der Waals surface area contributed by atoms with Gasteiger partial charge in [-0.15, -0.1) is 0 Å². The first-order valence-corrected chi connectivity index (χ1v) is 3.33. The summed E-state index contributed by atoms with van der Waals surface area (Å²) in [6, 6.07) is 0. The monoisotopic (exact) mass is 128 g/mol. The molecule has 0 saturated heterocycles. The predicted molar refractivity (Wildman–Crippen MR) is 34.9 cm³/mol. The van der Waals surface area contributed by atoms with Crippen LogP contribution in [-0.2, 0) is 4.74 Å². The summed E-state index contributed by atoms with van der Waals surface area (Å²) in [6.07, 6.45) is 4.91. The van der Waals surface area contributed by atoms with Crippen LogP contribution in [0.5, 0.6) is 0 Å². The normalized spacial score (nSPS) is 34.0. The van der Waals surface area contributed by atoms with Gasteiger partial charge < -0.3 is 9.84 Å². The van der Waals surface area contributed by atoms with Gasteiger partial charge in [0, 0.05) is 6.42 Å². The summed E-state index contributed by atoms with van der Waals surface area (Å²) in [5.41, 5.74) is 0. The molecule has 0 amide bonds. The van der Waals surface area contributed by atoms with Gasteiger partial charge in [-0.05, 0) is 12.5 Å². The number of rotatable bonds is 1. The first kappa shape index (κ1) is 6.62. The molecule has 1 heterocycles. The van der Waals surface area contributed by atoms with Gasteiger partial charge in [0.15, 0.2) is 0 Å². The molecule has 0 aromatic rings. The van der Waals surface area contributed by atoms with Crippen molar-refractivity contribution < 1.29 is 9.84 Å². The van der Waals surface area contributed by atoms with Crippen LogP contribution < -0.4 is 0 Å². The van der Waals surface area contributed by atoms with Gasteiger partial charge in [-0.1, -0.05) is 6.92 Å². The van der Waals surface area contributed by atoms with E-state index in [1.54, 1.807) is 12.3 Å². The van der Waals surface area contributed by atoms with Crippen LogP contribution in [-0.4, -0.2) is 17.3 Å². The highest BCUT2D eigenvalue weighted by Crippen LogP contribution is 2.12. The van der Waals surface area contributed by atoms with Crippen molar-refractivity contribution >= 4 is 0 Å². The SMILES string of the molecule is CC[C@@H]1C[C@H](O)C=CO1. The zero-order valence-corrected chi connectivity index (χ0v) is 5.58. The van der Waals surface area contributed by atoms with E-state index in [2.05, 4.69) is 6.92 Å². The van der Waals surface area contributed by atoms with Crippen LogP contribution in [0.2, 0.25) is 0 Å². The van der Waals surface area contributed by atoms with Crippen LogP contribution in [0.1, 0.15) is 19.8 Å². The minimum Gasteiger partial charge on any atom is -0.498 e. The van der Waals surface area contributed by atoms with Crippen molar-refractivity contribution in [2.45, 2.75) is 32.0 Å². The van der Waals surface area contributed by atoms with E-state index in [-0.39, 0.29) is 12.2 Å². The molecule has 1 N–H and O–H groups in total. The summed E-state index contributed by atoms with van der Waals surface area (Å²) < 4.78 is 5.16. The predicted octanol–water partition coefficient (Wildman–Crippen LogP) is 1.06. The van der Waals surface area contributed by atoms with E-state index in [4.69, 9.17) is 9.84 Å². The molecule has 0 aliphatic carbocycles. The smallest absolute Gasteiger partial charge is 0.100 e. The molecule has 2 nitrogen and oxygen atoms in total. The van der Waals surface area contributed by atoms with E-state index in [1.807, 2.05) is 0 Å². The maximum atomic E-state index is 9.04. The van der Waals surface area contributed by atoms with Gasteiger partial charge in [-0.25, -0.2) is 0 Å². The van der Waals surface area contributed by atoms with Crippen LogP contribution in [0.15, 0.2) is 12.3 Å². The molecular weight excluding hydrogens is 116 g/mol. The van der Waals surface area contributed by atoms with Crippen molar-refractivity contribution in [3.05, 3.63) is 12.3 Å². The minimum absolute atomic E-state index is 0.227. The third-order valence-corrected chi connectivity index (χ3v) is 1.53. The Morgan fingerprint density at radius 3 is 3.00 bits per heavy atom. The summed E-state index contributed by atoms with van der Waals surface area (Å²) >= 11 is 0. The quantitative estimate of drug-likeness (QED) is 0.572. The van der Waals surface area contributed by atoms with Crippen LogP contribution in [0.4, 0.5) is 0 Å². The number of aliphatic hydroxyl groups is 1. The Bertz CT molecular complexity index is 109. The lowest BCUT2D eigenvalue weighted by Crippen LogP contribution is -2.20. The number of aliphatic hydroxyl groups excluding tert-OH is 1. The van der Waals surface area contributed by atoms with Crippen LogP contribution >= 0.6 is 0 Å². The Morgan fingerprint density at radius 2 is 2.56 bits per heavy atom. The van der Waals surface area contributed by atoms with Gasteiger partial charge in [0.2, 0.25) is 0 Å². The van der Waals surface area contributed by atoms with Gasteiger partial charge in [0.1, 0.15) is 6.10 Å². The molecule has 0 aromatic heterocycles. The molecule has 0 aromatic carbocycles. The average Bonchev–Trinajstić information content (AvgIpc) is 1.88. The molecule has 0 saturated carbocycles. The molecule has 0 bridgehead atoms. The summed E-state index contributed by atoms with van der Waals surface area (Å²) in [5, 5.41) is 9.04. The average molecular weight is 128 g/mol. The molecule has 1 aliphatic rings. The van der Waals surface area contributed by atoms with Gasteiger partial charge >= 0.3 is 0 Å². The molecule has 52 valence electrons. The Labute approximate surface area is 55.1 Å². The van der Waals surface area contributed by atoms with Crippen molar-refractivity contribution in [2.24, 2.45) is 0 Å². The zero-order valence-electron chi connectivity index (χ0n) is 5.58.